The number of epoxide rings is 1. The standard InChI is InChI=1S/C48H57N3O10SSi/c1-6-7-22-36(49-35-52)33-47(45(54)59-5)40-29-32-50(62(57,58)42-28-19-18-27-41(42)51(55)56)31-21-11-9-8-10-20-30-48(44(47)53)43(61-48)39(40)34-60-63(46(2,3)4,37-23-14-12-15-24-37)38-25-16-13-17-26-38/h7,12-19,22-28,36,39-40,43H,6,9,11,20-21,29-34H2,1-5H3/b22-7+/t36-,39+,40-,43-,47-,48-/m0/s1. The van der Waals surface area contributed by atoms with Crippen LogP contribution >= 0.6 is 0 Å². The Kier molecular flexibility index (Phi) is 14.9. The van der Waals surface area contributed by atoms with Crippen LogP contribution < -0.4 is 10.4 Å². The fraction of sp³-hybridized carbons (Fsp3) is 0.479. The third kappa shape index (κ3) is 9.16. The average molecular weight is 896 g/mol. The maximum atomic E-state index is 15.6. The minimum absolute atomic E-state index is 0.00535. The summed E-state index contributed by atoms with van der Waals surface area (Å²) in [5, 5.41) is 13.8. The Morgan fingerprint density at radius 2 is 1.67 bits per heavy atom. The van der Waals surface area contributed by atoms with Gasteiger partial charge in [0.25, 0.3) is 14.0 Å². The molecule has 1 saturated heterocycles. The molecule has 13 nitrogen and oxygen atoms in total. The summed E-state index contributed by atoms with van der Waals surface area (Å²) in [5.74, 6) is 3.26. The zero-order chi connectivity index (χ0) is 45.5. The second-order valence-corrected chi connectivity index (χ2v) is 23.7. The van der Waals surface area contributed by atoms with E-state index < -0.39 is 85.6 Å². The third-order valence-electron chi connectivity index (χ3n) is 12.9. The first-order chi connectivity index (χ1) is 30.2. The van der Waals surface area contributed by atoms with Crippen molar-refractivity contribution in [3.63, 3.8) is 0 Å². The van der Waals surface area contributed by atoms with Gasteiger partial charge in [-0.1, -0.05) is 113 Å². The van der Waals surface area contributed by atoms with E-state index in [2.05, 4.69) is 61.9 Å². The number of isocyanates is 1. The van der Waals surface area contributed by atoms with Crippen LogP contribution in [-0.4, -0.2) is 88.3 Å². The van der Waals surface area contributed by atoms with E-state index in [0.717, 1.165) is 16.4 Å². The van der Waals surface area contributed by atoms with E-state index in [1.807, 2.05) is 43.3 Å². The molecule has 0 aromatic heterocycles. The van der Waals surface area contributed by atoms with Crippen molar-refractivity contribution in [3.05, 3.63) is 107 Å². The van der Waals surface area contributed by atoms with E-state index in [4.69, 9.17) is 13.9 Å². The molecular formula is C48H57N3O10SSi. The van der Waals surface area contributed by atoms with Crippen molar-refractivity contribution in [2.75, 3.05) is 26.8 Å². The molecule has 0 amide bonds. The molecule has 3 heterocycles. The van der Waals surface area contributed by atoms with Crippen molar-refractivity contribution < 1.29 is 41.6 Å². The molecule has 2 fully saturated rings. The number of Topliss-reactive ketones (excluding diaryl/α,β-unsaturated/α-hetero) is 1. The molecule has 3 aromatic rings. The van der Waals surface area contributed by atoms with Gasteiger partial charge in [0.15, 0.2) is 16.3 Å². The van der Waals surface area contributed by atoms with Gasteiger partial charge in [0.1, 0.15) is 11.5 Å². The van der Waals surface area contributed by atoms with Crippen LogP contribution in [0, 0.1) is 39.2 Å². The molecular weight excluding hydrogens is 839 g/mol. The van der Waals surface area contributed by atoms with E-state index >= 15 is 4.79 Å². The van der Waals surface area contributed by atoms with Crippen molar-refractivity contribution in [2.24, 2.45) is 22.2 Å². The quantitative estimate of drug-likeness (QED) is 0.0162. The first-order valence-corrected chi connectivity index (χ1v) is 25.0. The lowest BCUT2D eigenvalue weighted by atomic mass is 9.54. The number of aliphatic imine (C=N–C) groups is 1. The molecule has 0 unspecified atom stereocenters. The summed E-state index contributed by atoms with van der Waals surface area (Å²) >= 11 is 0. The number of nitro benzene ring substituents is 1. The Morgan fingerprint density at radius 1 is 1.03 bits per heavy atom. The summed E-state index contributed by atoms with van der Waals surface area (Å²) in [6.45, 7) is 8.11. The van der Waals surface area contributed by atoms with Crippen LogP contribution in [-0.2, 0) is 38.3 Å². The number of carbonyl (C=O) groups excluding carboxylic acids is 3. The average Bonchev–Trinajstić information content (AvgIpc) is 4.01. The lowest BCUT2D eigenvalue weighted by Crippen LogP contribution is -2.68. The van der Waals surface area contributed by atoms with Crippen LogP contribution in [0.4, 0.5) is 5.69 Å². The molecule has 1 spiro atoms. The number of carbonyl (C=O) groups is 2. The summed E-state index contributed by atoms with van der Waals surface area (Å²) in [6.07, 6.45) is 6.46. The minimum Gasteiger partial charge on any atom is -0.468 e. The number of hydrogen-bond donors (Lipinski definition) is 0. The number of allylic oxidation sites excluding steroid dienone is 1. The van der Waals surface area contributed by atoms with Gasteiger partial charge in [-0.05, 0) is 65.9 Å². The van der Waals surface area contributed by atoms with Crippen LogP contribution in [0.2, 0.25) is 5.04 Å². The molecule has 334 valence electrons. The maximum absolute atomic E-state index is 15.6. The topological polar surface area (TPSA) is 175 Å². The normalized spacial score (nSPS) is 25.0. The van der Waals surface area contributed by atoms with Crippen LogP contribution in [0.15, 0.2) is 107 Å². The molecule has 7 rings (SSSR count). The van der Waals surface area contributed by atoms with Crippen molar-refractivity contribution in [3.8, 4) is 11.8 Å². The number of ketones is 1. The Bertz CT molecular complexity index is 2350. The second kappa shape index (κ2) is 19.8. The van der Waals surface area contributed by atoms with Gasteiger partial charge >= 0.3 is 5.97 Å². The van der Waals surface area contributed by atoms with E-state index in [9.17, 15) is 28.1 Å². The number of para-hydroxylation sites is 1. The Labute approximate surface area is 371 Å². The van der Waals surface area contributed by atoms with Gasteiger partial charge in [-0.2, -0.15) is 9.30 Å². The van der Waals surface area contributed by atoms with Crippen molar-refractivity contribution >= 4 is 52.2 Å². The highest BCUT2D eigenvalue weighted by molar-refractivity contribution is 7.89. The lowest BCUT2D eigenvalue weighted by Gasteiger charge is -2.48. The van der Waals surface area contributed by atoms with Crippen molar-refractivity contribution in [1.29, 1.82) is 0 Å². The molecule has 15 heteroatoms. The largest absolute Gasteiger partial charge is 0.468 e. The minimum atomic E-state index is -4.52. The maximum Gasteiger partial charge on any atom is 0.319 e. The number of nitro groups is 1. The van der Waals surface area contributed by atoms with Gasteiger partial charge in [0.2, 0.25) is 16.1 Å². The van der Waals surface area contributed by atoms with Gasteiger partial charge in [0.05, 0.1) is 18.1 Å². The van der Waals surface area contributed by atoms with E-state index in [0.29, 0.717) is 25.7 Å². The molecule has 4 aliphatic rings. The monoisotopic (exact) mass is 895 g/mol. The van der Waals surface area contributed by atoms with Crippen molar-refractivity contribution in [2.45, 2.75) is 107 Å². The Hall–Kier alpha value is -5.07. The Balaban J connectivity index is 1.59. The molecule has 2 bridgehead atoms. The first-order valence-electron chi connectivity index (χ1n) is 21.6. The summed E-state index contributed by atoms with van der Waals surface area (Å²) < 4.78 is 50.4. The SMILES string of the molecule is CC/C=C/[C@@H](C[C@@]1(C(=O)OC)C(=O)[C@]23CCC#CCCCCN(S(=O)(=O)c4ccccc4[N+](=O)[O-])CC[C@H]1[C@@H](CO[Si](c1ccccc1)(c1ccccc1)C(C)(C)C)[C@@H]2O3)N=C=O. The van der Waals surface area contributed by atoms with Gasteiger partial charge in [-0.15, -0.1) is 11.8 Å². The highest BCUT2D eigenvalue weighted by Crippen LogP contribution is 2.62. The number of methoxy groups -OCH3 is 1. The molecule has 1 saturated carbocycles. The van der Waals surface area contributed by atoms with Crippen LogP contribution in [0.25, 0.3) is 0 Å². The lowest BCUT2D eigenvalue weighted by molar-refractivity contribution is -0.387. The first kappa shape index (κ1) is 47.4. The number of sulfonamides is 1. The van der Waals surface area contributed by atoms with Gasteiger partial charge < -0.3 is 13.9 Å². The van der Waals surface area contributed by atoms with E-state index in [1.165, 1.54) is 29.6 Å². The zero-order valence-corrected chi connectivity index (χ0v) is 38.5. The van der Waals surface area contributed by atoms with Crippen molar-refractivity contribution in [1.82, 2.24) is 4.31 Å². The second-order valence-electron chi connectivity index (χ2n) is 17.5. The smallest absolute Gasteiger partial charge is 0.319 e. The fourth-order valence-electron chi connectivity index (χ4n) is 10.0. The molecule has 6 atom stereocenters. The summed E-state index contributed by atoms with van der Waals surface area (Å²) in [7, 11) is -6.58. The number of rotatable bonds is 14. The van der Waals surface area contributed by atoms with Gasteiger partial charge in [0, 0.05) is 44.5 Å². The highest BCUT2D eigenvalue weighted by Gasteiger charge is 2.78. The Morgan fingerprint density at radius 3 is 2.27 bits per heavy atom. The van der Waals surface area contributed by atoms with Crippen LogP contribution in [0.5, 0.6) is 0 Å². The molecule has 3 aromatic carbocycles. The zero-order valence-electron chi connectivity index (χ0n) is 36.7. The molecule has 0 N–H and O–H groups in total. The number of ether oxygens (including phenoxy) is 2. The molecule has 3 aliphatic heterocycles. The molecule has 1 aliphatic carbocycles. The van der Waals surface area contributed by atoms with Crippen LogP contribution in [0.1, 0.15) is 79.1 Å². The molecule has 0 radical (unpaired) electrons. The van der Waals surface area contributed by atoms with Gasteiger partial charge in [-0.3, -0.25) is 19.7 Å². The number of hydrogen-bond acceptors (Lipinski definition) is 11. The third-order valence-corrected chi connectivity index (χ3v) is 19.9. The summed E-state index contributed by atoms with van der Waals surface area (Å²) in [5.41, 5.74) is -4.05. The van der Waals surface area contributed by atoms with E-state index in [1.54, 1.807) is 18.2 Å². The van der Waals surface area contributed by atoms with E-state index in [-0.39, 0.29) is 45.4 Å². The van der Waals surface area contributed by atoms with Crippen LogP contribution in [0.3, 0.4) is 0 Å². The highest BCUT2D eigenvalue weighted by atomic mass is 32.2. The number of esters is 1. The number of nitrogens with zero attached hydrogens (tertiary/aromatic N) is 3. The summed E-state index contributed by atoms with van der Waals surface area (Å²) in [4.78, 5) is 57.6. The van der Waals surface area contributed by atoms with Gasteiger partial charge in [-0.25, -0.2) is 13.2 Å². The predicted molar refractivity (Wildman–Crippen MR) is 241 cm³/mol. The number of fused-ring (bicyclic) bond motifs is 10. The fourth-order valence-corrected chi connectivity index (χ4v) is 16.3. The summed E-state index contributed by atoms with van der Waals surface area (Å²) in [6, 6.07) is 24.3. The molecule has 63 heavy (non-hydrogen) atoms. The predicted octanol–water partition coefficient (Wildman–Crippen LogP) is 6.69. The number of benzene rings is 3.